The molecule has 0 spiro atoms. The van der Waals surface area contributed by atoms with E-state index in [0.29, 0.717) is 12.3 Å². The molecule has 1 aromatic rings. The van der Waals surface area contributed by atoms with Crippen molar-refractivity contribution in [1.82, 2.24) is 10.3 Å². The Bertz CT molecular complexity index is 501. The third kappa shape index (κ3) is 5.00. The Balaban J connectivity index is 2.88. The van der Waals surface area contributed by atoms with E-state index in [9.17, 15) is 18.0 Å². The summed E-state index contributed by atoms with van der Waals surface area (Å²) in [4.78, 5) is 15.5. The highest BCUT2D eigenvalue weighted by atomic mass is 19.4. The van der Waals surface area contributed by atoms with Gasteiger partial charge in [-0.05, 0) is 31.4 Å². The lowest BCUT2D eigenvalue weighted by molar-refractivity contribution is -0.141. The van der Waals surface area contributed by atoms with Crippen LogP contribution in [0.25, 0.3) is 0 Å². The SMILES string of the molecule is Cc1nc(C(F)(F)F)ccc1C(=O)NC(CN)CC(C)C. The average Bonchev–Trinajstić information content (AvgIpc) is 2.35. The Hall–Kier alpha value is -1.63. The molecule has 118 valence electrons. The van der Waals surface area contributed by atoms with E-state index in [-0.39, 0.29) is 23.8 Å². The summed E-state index contributed by atoms with van der Waals surface area (Å²) in [6, 6.07) is 1.74. The molecule has 0 aliphatic carbocycles. The van der Waals surface area contributed by atoms with Gasteiger partial charge in [-0.25, -0.2) is 4.98 Å². The van der Waals surface area contributed by atoms with E-state index in [1.54, 1.807) is 0 Å². The number of nitrogens with one attached hydrogen (secondary N) is 1. The maximum absolute atomic E-state index is 12.5. The second kappa shape index (κ2) is 6.89. The molecule has 1 atom stereocenters. The van der Waals surface area contributed by atoms with Gasteiger partial charge in [0, 0.05) is 12.6 Å². The van der Waals surface area contributed by atoms with E-state index in [1.165, 1.54) is 6.92 Å². The number of rotatable bonds is 5. The van der Waals surface area contributed by atoms with E-state index < -0.39 is 17.8 Å². The van der Waals surface area contributed by atoms with Crippen molar-refractivity contribution in [3.8, 4) is 0 Å². The van der Waals surface area contributed by atoms with Crippen LogP contribution in [0.5, 0.6) is 0 Å². The van der Waals surface area contributed by atoms with Gasteiger partial charge in [-0.2, -0.15) is 13.2 Å². The highest BCUT2D eigenvalue weighted by molar-refractivity contribution is 5.95. The van der Waals surface area contributed by atoms with Crippen LogP contribution < -0.4 is 11.1 Å². The minimum Gasteiger partial charge on any atom is -0.348 e. The van der Waals surface area contributed by atoms with Gasteiger partial charge in [0.15, 0.2) is 0 Å². The number of amides is 1. The van der Waals surface area contributed by atoms with E-state index in [0.717, 1.165) is 12.1 Å². The van der Waals surface area contributed by atoms with Crippen LogP contribution >= 0.6 is 0 Å². The van der Waals surface area contributed by atoms with Crippen LogP contribution in [0, 0.1) is 12.8 Å². The highest BCUT2D eigenvalue weighted by Gasteiger charge is 2.33. The van der Waals surface area contributed by atoms with Gasteiger partial charge in [-0.1, -0.05) is 13.8 Å². The van der Waals surface area contributed by atoms with E-state index in [1.807, 2.05) is 13.8 Å². The number of aryl methyl sites for hydroxylation is 1. The lowest BCUT2D eigenvalue weighted by atomic mass is 10.0. The van der Waals surface area contributed by atoms with Crippen LogP contribution in [0.3, 0.4) is 0 Å². The number of pyridine rings is 1. The topological polar surface area (TPSA) is 68.0 Å². The quantitative estimate of drug-likeness (QED) is 0.878. The molecule has 0 bridgehead atoms. The molecule has 0 saturated heterocycles. The highest BCUT2D eigenvalue weighted by Crippen LogP contribution is 2.28. The summed E-state index contributed by atoms with van der Waals surface area (Å²) in [5.74, 6) is -0.101. The van der Waals surface area contributed by atoms with Crippen LogP contribution in [0.2, 0.25) is 0 Å². The first-order valence-electron chi connectivity index (χ1n) is 6.71. The lowest BCUT2D eigenvalue weighted by Crippen LogP contribution is -2.41. The number of carbonyl (C=O) groups is 1. The molecule has 1 amide bonds. The normalized spacial score (nSPS) is 13.3. The van der Waals surface area contributed by atoms with Gasteiger partial charge in [0.2, 0.25) is 0 Å². The predicted molar refractivity (Wildman–Crippen MR) is 73.7 cm³/mol. The molecule has 0 saturated carbocycles. The van der Waals surface area contributed by atoms with Gasteiger partial charge in [0.1, 0.15) is 5.69 Å². The number of hydrogen-bond acceptors (Lipinski definition) is 3. The average molecular weight is 303 g/mol. The van der Waals surface area contributed by atoms with Crippen molar-refractivity contribution < 1.29 is 18.0 Å². The number of halogens is 3. The van der Waals surface area contributed by atoms with Crippen molar-refractivity contribution in [1.29, 1.82) is 0 Å². The minimum atomic E-state index is -4.52. The third-order valence-electron chi connectivity index (χ3n) is 3.00. The first-order chi connectivity index (χ1) is 9.65. The molecule has 21 heavy (non-hydrogen) atoms. The van der Waals surface area contributed by atoms with Crippen molar-refractivity contribution in [3.63, 3.8) is 0 Å². The molecule has 1 aromatic heterocycles. The summed E-state index contributed by atoms with van der Waals surface area (Å²) in [5, 5.41) is 2.73. The molecule has 0 fully saturated rings. The summed E-state index contributed by atoms with van der Waals surface area (Å²) in [7, 11) is 0. The van der Waals surface area contributed by atoms with Crippen LogP contribution in [0.4, 0.5) is 13.2 Å². The fourth-order valence-corrected chi connectivity index (χ4v) is 2.01. The van der Waals surface area contributed by atoms with Crippen LogP contribution in [-0.2, 0) is 6.18 Å². The maximum Gasteiger partial charge on any atom is 0.433 e. The molecule has 0 aliphatic rings. The first-order valence-corrected chi connectivity index (χ1v) is 6.71. The van der Waals surface area contributed by atoms with Crippen LogP contribution in [0.15, 0.2) is 12.1 Å². The molecule has 3 N–H and O–H groups in total. The maximum atomic E-state index is 12.5. The molecule has 0 radical (unpaired) electrons. The Morgan fingerprint density at radius 3 is 2.43 bits per heavy atom. The zero-order valence-electron chi connectivity index (χ0n) is 12.3. The van der Waals surface area contributed by atoms with E-state index in [4.69, 9.17) is 5.73 Å². The molecule has 0 aromatic carbocycles. The lowest BCUT2D eigenvalue weighted by Gasteiger charge is -2.19. The number of nitrogens with zero attached hydrogens (tertiary/aromatic N) is 1. The van der Waals surface area contributed by atoms with Crippen molar-refractivity contribution in [3.05, 3.63) is 29.1 Å². The number of hydrogen-bond donors (Lipinski definition) is 2. The van der Waals surface area contributed by atoms with Crippen molar-refractivity contribution in [2.75, 3.05) is 6.54 Å². The number of aromatic nitrogens is 1. The van der Waals surface area contributed by atoms with E-state index >= 15 is 0 Å². The Morgan fingerprint density at radius 1 is 1.38 bits per heavy atom. The summed E-state index contributed by atoms with van der Waals surface area (Å²) < 4.78 is 37.6. The van der Waals surface area contributed by atoms with Gasteiger partial charge < -0.3 is 11.1 Å². The summed E-state index contributed by atoms with van der Waals surface area (Å²) in [6.07, 6.45) is -3.81. The van der Waals surface area contributed by atoms with E-state index in [2.05, 4.69) is 10.3 Å². The molecule has 1 heterocycles. The fraction of sp³-hybridized carbons (Fsp3) is 0.571. The standard InChI is InChI=1S/C14H20F3N3O/c1-8(2)6-10(7-18)20-13(21)11-4-5-12(14(15,16)17)19-9(11)3/h4-5,8,10H,6-7,18H2,1-3H3,(H,20,21). The number of nitrogens with two attached hydrogens (primary N) is 1. The summed E-state index contributed by atoms with van der Waals surface area (Å²) in [6.45, 7) is 5.65. The second-order valence-electron chi connectivity index (χ2n) is 5.36. The number of alkyl halides is 3. The van der Waals surface area contributed by atoms with Gasteiger partial charge >= 0.3 is 6.18 Å². The molecule has 1 unspecified atom stereocenters. The van der Waals surface area contributed by atoms with Gasteiger partial charge in [0.25, 0.3) is 5.91 Å². The fourth-order valence-electron chi connectivity index (χ4n) is 2.01. The monoisotopic (exact) mass is 303 g/mol. The third-order valence-corrected chi connectivity index (χ3v) is 3.00. The molecular weight excluding hydrogens is 283 g/mol. The van der Waals surface area contributed by atoms with Crippen molar-refractivity contribution >= 4 is 5.91 Å². The summed E-state index contributed by atoms with van der Waals surface area (Å²) in [5.41, 5.74) is 4.76. The minimum absolute atomic E-state index is 0.0441. The summed E-state index contributed by atoms with van der Waals surface area (Å²) >= 11 is 0. The molecular formula is C14H20F3N3O. The zero-order valence-corrected chi connectivity index (χ0v) is 12.3. The largest absolute Gasteiger partial charge is 0.433 e. The molecule has 1 rings (SSSR count). The van der Waals surface area contributed by atoms with Crippen molar-refractivity contribution in [2.24, 2.45) is 11.7 Å². The Labute approximate surface area is 121 Å². The van der Waals surface area contributed by atoms with Gasteiger partial charge in [-0.15, -0.1) is 0 Å². The Kier molecular flexibility index (Phi) is 5.71. The predicted octanol–water partition coefficient (Wildman–Crippen LogP) is 2.51. The van der Waals surface area contributed by atoms with Crippen LogP contribution in [0.1, 0.15) is 42.0 Å². The zero-order chi connectivity index (χ0) is 16.2. The molecule has 4 nitrogen and oxygen atoms in total. The molecule has 0 aliphatic heterocycles. The Morgan fingerprint density at radius 2 is 2.00 bits per heavy atom. The van der Waals surface area contributed by atoms with Gasteiger partial charge in [-0.3, -0.25) is 4.79 Å². The first kappa shape index (κ1) is 17.4. The van der Waals surface area contributed by atoms with Gasteiger partial charge in [0.05, 0.1) is 11.3 Å². The van der Waals surface area contributed by atoms with Crippen molar-refractivity contribution in [2.45, 2.75) is 39.4 Å². The smallest absolute Gasteiger partial charge is 0.348 e. The number of carbonyl (C=O) groups excluding carboxylic acids is 1. The molecule has 7 heteroatoms. The van der Waals surface area contributed by atoms with Crippen LogP contribution in [-0.4, -0.2) is 23.5 Å². The second-order valence-corrected chi connectivity index (χ2v) is 5.36.